The highest BCUT2D eigenvalue weighted by Gasteiger charge is 2.26. The Morgan fingerprint density at radius 3 is 2.81 bits per heavy atom. The van der Waals surface area contributed by atoms with Crippen molar-refractivity contribution in [3.8, 4) is 16.9 Å². The molecule has 1 aromatic carbocycles. The van der Waals surface area contributed by atoms with Gasteiger partial charge in [-0.05, 0) is 31.2 Å². The van der Waals surface area contributed by atoms with Gasteiger partial charge in [0, 0.05) is 24.4 Å². The van der Waals surface area contributed by atoms with Gasteiger partial charge in [-0.1, -0.05) is 0 Å². The largest absolute Gasteiger partial charge is 0.490 e. The Morgan fingerprint density at radius 1 is 1.19 bits per heavy atom. The molecule has 1 aliphatic heterocycles. The number of imidazole rings is 1. The molecule has 3 aromatic heterocycles. The molecule has 7 heteroatoms. The highest BCUT2D eigenvalue weighted by molar-refractivity contribution is 6.09. The van der Waals surface area contributed by atoms with Crippen LogP contribution in [0.1, 0.15) is 13.0 Å². The first-order valence-corrected chi connectivity index (χ1v) is 8.33. The van der Waals surface area contributed by atoms with Gasteiger partial charge < -0.3 is 4.74 Å². The molecule has 26 heavy (non-hydrogen) atoms. The number of benzene rings is 1. The van der Waals surface area contributed by atoms with Crippen LogP contribution in [0.25, 0.3) is 33.1 Å². The van der Waals surface area contributed by atoms with Crippen LogP contribution in [0.3, 0.4) is 0 Å². The van der Waals surface area contributed by atoms with Crippen molar-refractivity contribution in [2.75, 3.05) is 6.61 Å². The molecule has 0 amide bonds. The summed E-state index contributed by atoms with van der Waals surface area (Å²) in [5.41, 5.74) is 3.79. The molecule has 0 radical (unpaired) electrons. The Labute approximate surface area is 147 Å². The van der Waals surface area contributed by atoms with Crippen molar-refractivity contribution in [1.29, 1.82) is 0 Å². The van der Waals surface area contributed by atoms with E-state index in [1.54, 1.807) is 28.4 Å². The van der Waals surface area contributed by atoms with Crippen molar-refractivity contribution in [1.82, 2.24) is 19.1 Å². The molecule has 1 atom stereocenters. The fraction of sp³-hybridized carbons (Fsp3) is 0.211. The van der Waals surface area contributed by atoms with Gasteiger partial charge in [-0.15, -0.1) is 0 Å². The number of ether oxygens (including phenoxy) is 1. The van der Waals surface area contributed by atoms with E-state index in [1.165, 1.54) is 12.3 Å². The molecule has 0 saturated heterocycles. The van der Waals surface area contributed by atoms with Gasteiger partial charge in [-0.2, -0.15) is 4.39 Å². The van der Waals surface area contributed by atoms with Crippen LogP contribution in [-0.2, 0) is 7.05 Å². The maximum atomic E-state index is 13.2. The van der Waals surface area contributed by atoms with E-state index in [-0.39, 0.29) is 11.7 Å². The van der Waals surface area contributed by atoms with Gasteiger partial charge in [-0.25, -0.2) is 9.78 Å². The Morgan fingerprint density at radius 2 is 2.04 bits per heavy atom. The van der Waals surface area contributed by atoms with Gasteiger partial charge in [0.15, 0.2) is 0 Å². The molecule has 5 rings (SSSR count). The minimum absolute atomic E-state index is 0.0906. The number of aromatic nitrogens is 4. The van der Waals surface area contributed by atoms with Crippen molar-refractivity contribution >= 4 is 21.9 Å². The summed E-state index contributed by atoms with van der Waals surface area (Å²) in [6.45, 7) is 2.31. The summed E-state index contributed by atoms with van der Waals surface area (Å²) in [5.74, 6) is 0.119. The molecule has 1 aliphatic rings. The lowest BCUT2D eigenvalue weighted by Gasteiger charge is -2.14. The van der Waals surface area contributed by atoms with E-state index in [2.05, 4.69) is 9.97 Å². The topological polar surface area (TPSA) is 61.9 Å². The van der Waals surface area contributed by atoms with Crippen molar-refractivity contribution in [2.24, 2.45) is 7.05 Å². The highest BCUT2D eigenvalue weighted by atomic mass is 19.1. The SMILES string of the molecule is C[C@H]1COc2c(-c3ccc(F)nc3)ccc3ncc4c(c23)n1c(=O)n4C. The quantitative estimate of drug-likeness (QED) is 0.495. The second-order valence-corrected chi connectivity index (χ2v) is 6.57. The van der Waals surface area contributed by atoms with E-state index in [9.17, 15) is 9.18 Å². The molecule has 0 unspecified atom stereocenters. The van der Waals surface area contributed by atoms with Gasteiger partial charge in [0.1, 0.15) is 12.4 Å². The van der Waals surface area contributed by atoms with Gasteiger partial charge in [0.05, 0.1) is 34.2 Å². The summed E-state index contributed by atoms with van der Waals surface area (Å²) in [4.78, 5) is 21.0. The zero-order valence-corrected chi connectivity index (χ0v) is 14.2. The predicted molar refractivity (Wildman–Crippen MR) is 95.9 cm³/mol. The van der Waals surface area contributed by atoms with Crippen LogP contribution in [0.5, 0.6) is 5.75 Å². The third-order valence-electron chi connectivity index (χ3n) is 4.98. The zero-order valence-electron chi connectivity index (χ0n) is 14.2. The average molecular weight is 350 g/mol. The summed E-state index contributed by atoms with van der Waals surface area (Å²) < 4.78 is 22.7. The summed E-state index contributed by atoms with van der Waals surface area (Å²) in [7, 11) is 1.75. The first-order valence-electron chi connectivity index (χ1n) is 8.33. The number of pyridine rings is 2. The molecular formula is C19H15FN4O2. The van der Waals surface area contributed by atoms with Crippen molar-refractivity contribution < 1.29 is 9.13 Å². The molecular weight excluding hydrogens is 335 g/mol. The van der Waals surface area contributed by atoms with Crippen molar-refractivity contribution in [2.45, 2.75) is 13.0 Å². The fourth-order valence-corrected chi connectivity index (χ4v) is 3.68. The third kappa shape index (κ3) is 1.88. The summed E-state index contributed by atoms with van der Waals surface area (Å²) in [6.07, 6.45) is 3.20. The number of halogens is 1. The fourth-order valence-electron chi connectivity index (χ4n) is 3.68. The first-order chi connectivity index (χ1) is 12.6. The Hall–Kier alpha value is -3.22. The molecule has 0 aliphatic carbocycles. The monoisotopic (exact) mass is 350 g/mol. The molecule has 4 aromatic rings. The van der Waals surface area contributed by atoms with E-state index >= 15 is 0 Å². The maximum Gasteiger partial charge on any atom is 0.329 e. The van der Waals surface area contributed by atoms with Gasteiger partial charge in [0.2, 0.25) is 5.95 Å². The van der Waals surface area contributed by atoms with Crippen LogP contribution in [0.2, 0.25) is 0 Å². The lowest BCUT2D eigenvalue weighted by molar-refractivity contribution is 0.268. The summed E-state index contributed by atoms with van der Waals surface area (Å²) >= 11 is 0. The minimum atomic E-state index is -0.532. The van der Waals surface area contributed by atoms with Crippen LogP contribution < -0.4 is 10.4 Å². The average Bonchev–Trinajstić information content (AvgIpc) is 2.80. The van der Waals surface area contributed by atoms with Crippen molar-refractivity contribution in [3.05, 3.63) is 53.1 Å². The van der Waals surface area contributed by atoms with Crippen molar-refractivity contribution in [3.63, 3.8) is 0 Å². The number of aryl methyl sites for hydroxylation is 1. The predicted octanol–water partition coefficient (Wildman–Crippen LogP) is 3.04. The minimum Gasteiger partial charge on any atom is -0.490 e. The molecule has 0 saturated carbocycles. The number of hydrogen-bond acceptors (Lipinski definition) is 4. The van der Waals surface area contributed by atoms with Crippen LogP contribution in [0, 0.1) is 5.95 Å². The maximum absolute atomic E-state index is 13.2. The first kappa shape index (κ1) is 15.1. The second kappa shape index (κ2) is 5.14. The van der Waals surface area contributed by atoms with Gasteiger partial charge in [0.25, 0.3) is 0 Å². The number of rotatable bonds is 1. The van der Waals surface area contributed by atoms with Gasteiger partial charge >= 0.3 is 5.69 Å². The molecule has 0 fully saturated rings. The zero-order chi connectivity index (χ0) is 18.0. The lowest BCUT2D eigenvalue weighted by atomic mass is 10.0. The summed E-state index contributed by atoms with van der Waals surface area (Å²) in [6, 6.07) is 6.65. The van der Waals surface area contributed by atoms with E-state index in [4.69, 9.17) is 4.74 Å². The molecule has 130 valence electrons. The molecule has 4 heterocycles. The normalized spacial score (nSPS) is 16.2. The molecule has 0 spiro atoms. The van der Waals surface area contributed by atoms with Crippen LogP contribution in [0.15, 0.2) is 41.5 Å². The Balaban J connectivity index is 1.96. The van der Waals surface area contributed by atoms with E-state index in [0.29, 0.717) is 12.4 Å². The van der Waals surface area contributed by atoms with E-state index in [1.807, 2.05) is 19.1 Å². The van der Waals surface area contributed by atoms with Crippen LogP contribution in [0.4, 0.5) is 4.39 Å². The highest BCUT2D eigenvalue weighted by Crippen LogP contribution is 2.41. The second-order valence-electron chi connectivity index (χ2n) is 6.57. The van der Waals surface area contributed by atoms with Crippen LogP contribution >= 0.6 is 0 Å². The third-order valence-corrected chi connectivity index (χ3v) is 4.98. The lowest BCUT2D eigenvalue weighted by Crippen LogP contribution is -2.27. The Kier molecular flexibility index (Phi) is 2.98. The Bertz CT molecular complexity index is 1240. The summed E-state index contributed by atoms with van der Waals surface area (Å²) in [5, 5.41) is 0.798. The smallest absolute Gasteiger partial charge is 0.329 e. The molecule has 0 N–H and O–H groups in total. The number of hydrogen-bond donors (Lipinski definition) is 0. The van der Waals surface area contributed by atoms with Crippen LogP contribution in [-0.4, -0.2) is 25.7 Å². The van der Waals surface area contributed by atoms with E-state index < -0.39 is 5.95 Å². The number of nitrogens with zero attached hydrogens (tertiary/aromatic N) is 4. The standard InChI is InChI=1S/C19H15FN4O2/c1-10-9-26-18-12(11-3-6-15(20)22-7-11)4-5-13-16(18)17-14(8-21-13)23(2)19(25)24(10)17/h3-8,10H,9H2,1-2H3/t10-/m0/s1. The van der Waals surface area contributed by atoms with Gasteiger partial charge in [-0.3, -0.25) is 14.1 Å². The molecule has 6 nitrogen and oxygen atoms in total. The van der Waals surface area contributed by atoms with E-state index in [0.717, 1.165) is 33.1 Å². The molecule has 0 bridgehead atoms.